The smallest absolute Gasteiger partial charge is 0.169 e. The first-order valence-corrected chi connectivity index (χ1v) is 5.15. The highest BCUT2D eigenvalue weighted by Crippen LogP contribution is 2.21. The number of H-pyrrole nitrogens is 1. The molecule has 2 rings (SSSR count). The molecule has 0 aliphatic carbocycles. The van der Waals surface area contributed by atoms with Gasteiger partial charge in [-0.3, -0.25) is 5.10 Å². The minimum atomic E-state index is 0.227. The van der Waals surface area contributed by atoms with E-state index in [0.717, 1.165) is 17.3 Å². The fourth-order valence-electron chi connectivity index (χ4n) is 1.49. The van der Waals surface area contributed by atoms with Gasteiger partial charge in [0, 0.05) is 5.39 Å². The number of benzene rings is 1. The second-order valence-electron chi connectivity index (χ2n) is 3.29. The third kappa shape index (κ3) is 1.92. The van der Waals surface area contributed by atoms with Crippen molar-refractivity contribution in [3.8, 4) is 0 Å². The van der Waals surface area contributed by atoms with Gasteiger partial charge in [0.25, 0.3) is 0 Å². The second-order valence-corrected chi connectivity index (χ2v) is 3.73. The number of aromatic nitrogens is 2. The van der Waals surface area contributed by atoms with Crippen LogP contribution in [0.15, 0.2) is 18.2 Å². The molecule has 1 aromatic heterocycles. The summed E-state index contributed by atoms with van der Waals surface area (Å²) >= 11 is 4.78. The molecule has 0 aliphatic heterocycles. The zero-order chi connectivity index (χ0) is 10.8. The Kier molecular flexibility index (Phi) is 2.55. The fraction of sp³-hybridized carbons (Fsp3) is 0.200. The summed E-state index contributed by atoms with van der Waals surface area (Å²) in [4.78, 5) is 0. The summed E-state index contributed by atoms with van der Waals surface area (Å²) in [6.45, 7) is 2.11. The topological polar surface area (TPSA) is 66.7 Å². The molecule has 4 N–H and O–H groups in total. The van der Waals surface area contributed by atoms with Crippen LogP contribution < -0.4 is 11.1 Å². The van der Waals surface area contributed by atoms with Gasteiger partial charge in [0.1, 0.15) is 0 Å². The Morgan fingerprint density at radius 3 is 3.07 bits per heavy atom. The molecule has 78 valence electrons. The van der Waals surface area contributed by atoms with E-state index in [0.29, 0.717) is 5.82 Å². The van der Waals surface area contributed by atoms with Gasteiger partial charge in [0.2, 0.25) is 0 Å². The first kappa shape index (κ1) is 9.92. The standard InChI is InChI=1S/C10H12N4S/c1-2-6-3-4-8-7(5-6)9(14-13-8)12-10(11)15/h3-5H,2H2,1H3,(H4,11,12,13,14,15). The van der Waals surface area contributed by atoms with E-state index in [9.17, 15) is 0 Å². The van der Waals surface area contributed by atoms with Gasteiger partial charge in [-0.15, -0.1) is 0 Å². The van der Waals surface area contributed by atoms with E-state index < -0.39 is 0 Å². The number of nitrogens with two attached hydrogens (primary N) is 1. The zero-order valence-electron chi connectivity index (χ0n) is 8.37. The molecule has 0 bridgehead atoms. The van der Waals surface area contributed by atoms with Crippen molar-refractivity contribution < 1.29 is 0 Å². The normalized spacial score (nSPS) is 10.5. The SMILES string of the molecule is CCc1ccc2[nH]nc(NC(N)=S)c2c1. The highest BCUT2D eigenvalue weighted by molar-refractivity contribution is 7.80. The van der Waals surface area contributed by atoms with Crippen LogP contribution in [-0.2, 0) is 6.42 Å². The van der Waals surface area contributed by atoms with E-state index in [2.05, 4.69) is 34.6 Å². The average Bonchev–Trinajstić information content (AvgIpc) is 2.60. The largest absolute Gasteiger partial charge is 0.376 e. The Morgan fingerprint density at radius 2 is 2.40 bits per heavy atom. The first-order valence-electron chi connectivity index (χ1n) is 4.74. The maximum Gasteiger partial charge on any atom is 0.169 e. The summed E-state index contributed by atoms with van der Waals surface area (Å²) in [6.07, 6.45) is 0.994. The lowest BCUT2D eigenvalue weighted by Gasteiger charge is -2.00. The van der Waals surface area contributed by atoms with Crippen LogP contribution >= 0.6 is 12.2 Å². The van der Waals surface area contributed by atoms with Crippen LogP contribution in [0.3, 0.4) is 0 Å². The summed E-state index contributed by atoms with van der Waals surface area (Å²) in [5.74, 6) is 0.688. The lowest BCUT2D eigenvalue weighted by Crippen LogP contribution is -2.19. The Morgan fingerprint density at radius 1 is 1.60 bits per heavy atom. The molecule has 15 heavy (non-hydrogen) atoms. The lowest BCUT2D eigenvalue weighted by atomic mass is 10.1. The van der Waals surface area contributed by atoms with E-state index >= 15 is 0 Å². The number of fused-ring (bicyclic) bond motifs is 1. The molecule has 1 heterocycles. The predicted octanol–water partition coefficient (Wildman–Crippen LogP) is 1.78. The monoisotopic (exact) mass is 220 g/mol. The summed E-state index contributed by atoms with van der Waals surface area (Å²) in [5.41, 5.74) is 7.65. The predicted molar refractivity (Wildman–Crippen MR) is 65.9 cm³/mol. The molecule has 0 atom stereocenters. The van der Waals surface area contributed by atoms with Crippen LogP contribution in [0.25, 0.3) is 10.9 Å². The molecule has 2 aromatic rings. The fourth-order valence-corrected chi connectivity index (χ4v) is 1.59. The van der Waals surface area contributed by atoms with Crippen molar-refractivity contribution in [2.75, 3.05) is 5.32 Å². The molecule has 5 heteroatoms. The molecule has 0 saturated heterocycles. The van der Waals surface area contributed by atoms with Gasteiger partial charge in [-0.25, -0.2) is 0 Å². The van der Waals surface area contributed by atoms with Crippen molar-refractivity contribution in [3.05, 3.63) is 23.8 Å². The first-order chi connectivity index (χ1) is 7.20. The van der Waals surface area contributed by atoms with Gasteiger partial charge in [-0.05, 0) is 36.3 Å². The maximum absolute atomic E-state index is 5.41. The molecule has 0 aliphatic rings. The number of aryl methyl sites for hydroxylation is 1. The van der Waals surface area contributed by atoms with Gasteiger partial charge in [-0.2, -0.15) is 5.10 Å². The highest BCUT2D eigenvalue weighted by atomic mass is 32.1. The minimum Gasteiger partial charge on any atom is -0.376 e. The van der Waals surface area contributed by atoms with Crippen molar-refractivity contribution >= 4 is 34.1 Å². The second kappa shape index (κ2) is 3.86. The Labute approximate surface area is 92.9 Å². The molecule has 0 spiro atoms. The molecule has 0 saturated carbocycles. The number of rotatable bonds is 2. The molecular formula is C10H12N4S. The average molecular weight is 220 g/mol. The Bertz CT molecular complexity index is 503. The molecular weight excluding hydrogens is 208 g/mol. The molecule has 0 unspecified atom stereocenters. The van der Waals surface area contributed by atoms with Gasteiger partial charge in [0.15, 0.2) is 10.9 Å². The lowest BCUT2D eigenvalue weighted by molar-refractivity contribution is 1.12. The van der Waals surface area contributed by atoms with Crippen LogP contribution in [0.2, 0.25) is 0 Å². The highest BCUT2D eigenvalue weighted by Gasteiger charge is 2.05. The molecule has 0 radical (unpaired) electrons. The molecule has 0 fully saturated rings. The quantitative estimate of drug-likeness (QED) is 0.675. The number of nitrogens with one attached hydrogen (secondary N) is 2. The third-order valence-electron chi connectivity index (χ3n) is 2.28. The van der Waals surface area contributed by atoms with Crippen LogP contribution in [0.1, 0.15) is 12.5 Å². The number of anilines is 1. The summed E-state index contributed by atoms with van der Waals surface area (Å²) < 4.78 is 0. The van der Waals surface area contributed by atoms with Crippen molar-refractivity contribution in [2.45, 2.75) is 13.3 Å². The van der Waals surface area contributed by atoms with E-state index in [1.807, 2.05) is 6.07 Å². The molecule has 0 amide bonds. The number of nitrogens with zero attached hydrogens (tertiary/aromatic N) is 1. The van der Waals surface area contributed by atoms with Crippen molar-refractivity contribution in [3.63, 3.8) is 0 Å². The van der Waals surface area contributed by atoms with E-state index in [1.54, 1.807) is 0 Å². The van der Waals surface area contributed by atoms with Crippen LogP contribution in [0, 0.1) is 0 Å². The number of thiocarbonyl (C=S) groups is 1. The van der Waals surface area contributed by atoms with Crippen molar-refractivity contribution in [2.24, 2.45) is 5.73 Å². The van der Waals surface area contributed by atoms with Gasteiger partial charge in [0.05, 0.1) is 5.52 Å². The summed E-state index contributed by atoms with van der Waals surface area (Å²) in [5, 5.41) is 11.1. The number of hydrogen-bond acceptors (Lipinski definition) is 2. The third-order valence-corrected chi connectivity index (χ3v) is 2.38. The van der Waals surface area contributed by atoms with E-state index in [4.69, 9.17) is 18.0 Å². The Balaban J connectivity index is 2.51. The van der Waals surface area contributed by atoms with Crippen LogP contribution in [0.5, 0.6) is 0 Å². The number of hydrogen-bond donors (Lipinski definition) is 3. The molecule has 4 nitrogen and oxygen atoms in total. The van der Waals surface area contributed by atoms with Crippen LogP contribution in [0.4, 0.5) is 5.82 Å². The Hall–Kier alpha value is -1.62. The minimum absolute atomic E-state index is 0.227. The number of aromatic amines is 1. The maximum atomic E-state index is 5.41. The van der Waals surface area contributed by atoms with Gasteiger partial charge in [-0.1, -0.05) is 13.0 Å². The van der Waals surface area contributed by atoms with E-state index in [1.165, 1.54) is 5.56 Å². The van der Waals surface area contributed by atoms with Crippen molar-refractivity contribution in [1.29, 1.82) is 0 Å². The van der Waals surface area contributed by atoms with Gasteiger partial charge >= 0.3 is 0 Å². The summed E-state index contributed by atoms with van der Waals surface area (Å²) in [6, 6.07) is 6.16. The van der Waals surface area contributed by atoms with Crippen molar-refractivity contribution in [1.82, 2.24) is 10.2 Å². The van der Waals surface area contributed by atoms with E-state index in [-0.39, 0.29) is 5.11 Å². The summed E-state index contributed by atoms with van der Waals surface area (Å²) in [7, 11) is 0. The van der Waals surface area contributed by atoms with Crippen LogP contribution in [-0.4, -0.2) is 15.3 Å². The zero-order valence-corrected chi connectivity index (χ0v) is 9.19. The molecule has 1 aromatic carbocycles. The van der Waals surface area contributed by atoms with Gasteiger partial charge < -0.3 is 11.1 Å².